The molecule has 1 aliphatic rings. The van der Waals surface area contributed by atoms with Crippen LogP contribution in [0.2, 0.25) is 0 Å². The first-order valence-corrected chi connectivity index (χ1v) is 16.9. The minimum atomic E-state index is -2.31. The quantitative estimate of drug-likeness (QED) is 0.190. The third kappa shape index (κ3) is 3.46. The van der Waals surface area contributed by atoms with Crippen molar-refractivity contribution in [3.05, 3.63) is 103 Å². The predicted octanol–water partition coefficient (Wildman–Crippen LogP) is 6.31. The van der Waals surface area contributed by atoms with Crippen molar-refractivity contribution < 1.29 is 9.05 Å². The molecule has 0 saturated heterocycles. The topological polar surface area (TPSA) is 18.5 Å². The summed E-state index contributed by atoms with van der Waals surface area (Å²) in [7, 11) is 0. The molecule has 0 spiro atoms. The summed E-state index contributed by atoms with van der Waals surface area (Å²) in [5.74, 6) is 1.78. The zero-order valence-electron chi connectivity index (χ0n) is 16.4. The number of hydrogen-bond donors (Lipinski definition) is 0. The summed E-state index contributed by atoms with van der Waals surface area (Å²) in [6.07, 6.45) is 0. The van der Waals surface area contributed by atoms with Gasteiger partial charge in [-0.05, 0) is 0 Å². The Morgan fingerprint density at radius 2 is 1.03 bits per heavy atom. The zero-order valence-corrected chi connectivity index (χ0v) is 20.7. The molecule has 2 nitrogen and oxygen atoms in total. The Labute approximate surface area is 194 Å². The molecule has 5 aromatic carbocycles. The van der Waals surface area contributed by atoms with Gasteiger partial charge in [0.1, 0.15) is 0 Å². The van der Waals surface area contributed by atoms with E-state index in [1.165, 1.54) is 26.0 Å². The van der Waals surface area contributed by atoms with Crippen molar-refractivity contribution in [1.29, 1.82) is 0 Å². The summed E-state index contributed by atoms with van der Waals surface area (Å²) in [5, 5.41) is 4.76. The Morgan fingerprint density at radius 1 is 0.548 bits per heavy atom. The van der Waals surface area contributed by atoms with Gasteiger partial charge < -0.3 is 0 Å². The van der Waals surface area contributed by atoms with Crippen LogP contribution in [-0.2, 0) is 0 Å². The van der Waals surface area contributed by atoms with Crippen LogP contribution < -0.4 is 13.5 Å². The van der Waals surface area contributed by atoms with Crippen molar-refractivity contribution in [1.82, 2.24) is 0 Å². The van der Waals surface area contributed by atoms with E-state index in [0.717, 1.165) is 22.6 Å². The average molecular weight is 550 g/mol. The molecule has 0 aromatic heterocycles. The Balaban J connectivity index is 1.66. The molecule has 1 aliphatic heterocycles. The first-order chi connectivity index (χ1) is 15.2. The fraction of sp³-hybridized carbons (Fsp3) is 0. The van der Waals surface area contributed by atoms with E-state index in [1.807, 2.05) is 6.07 Å². The standard InChI is InChI=1S/C26H17O2PSe2/c30-29(31-20-10-2-1-3-11-20)27-23-16-14-18-8-4-6-12-21(18)25(23)26-22-13-7-5-9-19(22)15-17-24(26)28-29/h1-17H. The Morgan fingerprint density at radius 3 is 1.58 bits per heavy atom. The molecule has 0 aliphatic carbocycles. The van der Waals surface area contributed by atoms with Crippen molar-refractivity contribution in [2.24, 2.45) is 0 Å². The molecule has 0 bridgehead atoms. The molecule has 150 valence electrons. The number of rotatable bonds is 2. The van der Waals surface area contributed by atoms with Gasteiger partial charge in [0.15, 0.2) is 0 Å². The molecule has 0 N–H and O–H groups in total. The molecule has 0 unspecified atom stereocenters. The molecular weight excluding hydrogens is 533 g/mol. The van der Waals surface area contributed by atoms with Gasteiger partial charge in [0, 0.05) is 0 Å². The van der Waals surface area contributed by atoms with E-state index < -0.39 is 4.65 Å². The number of hydrogen-bond acceptors (Lipinski definition) is 2. The van der Waals surface area contributed by atoms with E-state index in [9.17, 15) is 0 Å². The Kier molecular flexibility index (Phi) is 4.80. The zero-order chi connectivity index (χ0) is 20.8. The summed E-state index contributed by atoms with van der Waals surface area (Å²) in [5.41, 5.74) is 2.23. The molecule has 0 amide bonds. The summed E-state index contributed by atoms with van der Waals surface area (Å²) < 4.78 is 12.4. The Bertz CT molecular complexity index is 1410. The maximum absolute atomic E-state index is 6.75. The normalized spacial score (nSPS) is 14.2. The van der Waals surface area contributed by atoms with Crippen molar-refractivity contribution >= 4 is 60.3 Å². The summed E-state index contributed by atoms with van der Waals surface area (Å²) in [6, 6.07) is 36.0. The fourth-order valence-electron chi connectivity index (χ4n) is 4.08. The van der Waals surface area contributed by atoms with Gasteiger partial charge in [-0.25, -0.2) is 0 Å². The van der Waals surface area contributed by atoms with Crippen LogP contribution in [0.25, 0.3) is 32.7 Å². The molecular formula is C26H17O2PSe2. The average Bonchev–Trinajstić information content (AvgIpc) is 2.93. The number of benzene rings is 5. The SMILES string of the molecule is [Se]=P1([Se]c2ccccc2)Oc2ccc3ccccc3c2-c2c(ccc3ccccc23)O1. The van der Waals surface area contributed by atoms with Gasteiger partial charge >= 0.3 is 195 Å². The van der Waals surface area contributed by atoms with E-state index in [0.29, 0.717) is 0 Å². The van der Waals surface area contributed by atoms with E-state index in [4.69, 9.17) is 9.05 Å². The summed E-state index contributed by atoms with van der Waals surface area (Å²) >= 11 is 3.36. The molecule has 0 fully saturated rings. The van der Waals surface area contributed by atoms with Crippen molar-refractivity contribution in [2.45, 2.75) is 0 Å². The van der Waals surface area contributed by atoms with E-state index in [1.54, 1.807) is 0 Å². The molecule has 31 heavy (non-hydrogen) atoms. The van der Waals surface area contributed by atoms with E-state index >= 15 is 0 Å². The molecule has 0 saturated carbocycles. The third-order valence-electron chi connectivity index (χ3n) is 5.41. The van der Waals surface area contributed by atoms with Gasteiger partial charge in [-0.15, -0.1) is 0 Å². The van der Waals surface area contributed by atoms with Crippen LogP contribution in [0, 0.1) is 0 Å². The van der Waals surface area contributed by atoms with Crippen LogP contribution in [-0.4, -0.2) is 29.6 Å². The Hall–Kier alpha value is -2.31. The van der Waals surface area contributed by atoms with E-state index in [-0.39, 0.29) is 14.5 Å². The van der Waals surface area contributed by atoms with Gasteiger partial charge in [0.05, 0.1) is 0 Å². The van der Waals surface area contributed by atoms with Crippen LogP contribution in [0.4, 0.5) is 0 Å². The van der Waals surface area contributed by atoms with Crippen molar-refractivity contribution in [3.63, 3.8) is 0 Å². The second-order valence-electron chi connectivity index (χ2n) is 7.35. The molecule has 5 heteroatoms. The molecule has 0 radical (unpaired) electrons. The number of fused-ring (bicyclic) bond motifs is 7. The molecule has 6 rings (SSSR count). The van der Waals surface area contributed by atoms with Crippen LogP contribution in [0.5, 0.6) is 11.5 Å². The second kappa shape index (κ2) is 7.68. The predicted molar refractivity (Wildman–Crippen MR) is 133 cm³/mol. The monoisotopic (exact) mass is 552 g/mol. The van der Waals surface area contributed by atoms with Crippen molar-refractivity contribution in [3.8, 4) is 22.6 Å². The summed E-state index contributed by atoms with van der Waals surface area (Å²) in [6.45, 7) is 0. The van der Waals surface area contributed by atoms with E-state index in [2.05, 4.69) is 112 Å². The molecule has 0 atom stereocenters. The van der Waals surface area contributed by atoms with Gasteiger partial charge in [-0.3, -0.25) is 0 Å². The fourth-order valence-corrected chi connectivity index (χ4v) is 13.4. The van der Waals surface area contributed by atoms with Crippen LogP contribution in [0.15, 0.2) is 103 Å². The molecule has 5 aromatic rings. The summed E-state index contributed by atoms with van der Waals surface area (Å²) in [4.78, 5) is 0. The maximum atomic E-state index is 6.75. The van der Waals surface area contributed by atoms with Crippen LogP contribution in [0.1, 0.15) is 0 Å². The third-order valence-corrected chi connectivity index (χ3v) is 14.3. The second-order valence-corrected chi connectivity index (χ2v) is 20.5. The van der Waals surface area contributed by atoms with Gasteiger partial charge in [-0.1, -0.05) is 0 Å². The van der Waals surface area contributed by atoms with Gasteiger partial charge in [-0.2, -0.15) is 0 Å². The van der Waals surface area contributed by atoms with Crippen molar-refractivity contribution in [2.75, 3.05) is 0 Å². The minimum absolute atomic E-state index is 0.00439. The first kappa shape index (κ1) is 19.4. The van der Waals surface area contributed by atoms with Crippen LogP contribution >= 0.6 is 4.65 Å². The first-order valence-electron chi connectivity index (χ1n) is 9.98. The van der Waals surface area contributed by atoms with Gasteiger partial charge in [0.25, 0.3) is 0 Å². The van der Waals surface area contributed by atoms with Gasteiger partial charge in [0.2, 0.25) is 0 Å². The molecule has 1 heterocycles. The van der Waals surface area contributed by atoms with Crippen LogP contribution in [0.3, 0.4) is 0 Å².